The molecular weight excluding hydrogens is 298 g/mol. The van der Waals surface area contributed by atoms with E-state index >= 15 is 0 Å². The molecule has 1 saturated heterocycles. The lowest BCUT2D eigenvalue weighted by Crippen LogP contribution is -2.46. The summed E-state index contributed by atoms with van der Waals surface area (Å²) in [5.41, 5.74) is 1.21. The van der Waals surface area contributed by atoms with Crippen LogP contribution in [0.15, 0.2) is 24.3 Å². The number of thioether (sulfide) groups is 1. The van der Waals surface area contributed by atoms with Crippen molar-refractivity contribution in [2.24, 2.45) is 0 Å². The van der Waals surface area contributed by atoms with E-state index in [9.17, 15) is 9.90 Å². The highest BCUT2D eigenvalue weighted by atomic mass is 32.2. The lowest BCUT2D eigenvalue weighted by Gasteiger charge is -2.33. The number of rotatable bonds is 6. The molecule has 1 fully saturated rings. The summed E-state index contributed by atoms with van der Waals surface area (Å²) in [5, 5.41) is 9.89. The zero-order valence-electron chi connectivity index (χ0n) is 13.3. The van der Waals surface area contributed by atoms with E-state index in [4.69, 9.17) is 4.74 Å². The van der Waals surface area contributed by atoms with Crippen LogP contribution in [0.1, 0.15) is 24.8 Å². The van der Waals surface area contributed by atoms with Crippen molar-refractivity contribution in [1.29, 1.82) is 0 Å². The average Bonchev–Trinajstić information content (AvgIpc) is 2.55. The van der Waals surface area contributed by atoms with E-state index in [0.29, 0.717) is 19.5 Å². The summed E-state index contributed by atoms with van der Waals surface area (Å²) in [5.74, 6) is 1.55. The maximum absolute atomic E-state index is 12.1. The molecule has 122 valence electrons. The number of hydrogen-bond donors (Lipinski definition) is 1. The first-order valence-corrected chi connectivity index (χ1v) is 9.18. The fourth-order valence-corrected chi connectivity index (χ4v) is 3.03. The Hall–Kier alpha value is -1.20. The van der Waals surface area contributed by atoms with Crippen LogP contribution in [0.2, 0.25) is 0 Å². The predicted molar refractivity (Wildman–Crippen MR) is 90.4 cm³/mol. The fourth-order valence-electron chi connectivity index (χ4n) is 2.57. The maximum Gasteiger partial charge on any atom is 0.251 e. The number of benzene rings is 1. The van der Waals surface area contributed by atoms with E-state index in [1.54, 1.807) is 16.7 Å². The third kappa shape index (κ3) is 4.92. The van der Waals surface area contributed by atoms with E-state index in [-0.39, 0.29) is 12.0 Å². The molecule has 0 spiro atoms. The third-order valence-corrected chi connectivity index (χ3v) is 4.60. The Morgan fingerprint density at radius 2 is 2.00 bits per heavy atom. The molecule has 22 heavy (non-hydrogen) atoms. The molecule has 1 aromatic carbocycles. The van der Waals surface area contributed by atoms with Crippen molar-refractivity contribution in [3.63, 3.8) is 0 Å². The van der Waals surface area contributed by atoms with Crippen LogP contribution in [0.4, 0.5) is 0 Å². The van der Waals surface area contributed by atoms with Crippen molar-refractivity contribution in [1.82, 2.24) is 4.90 Å². The van der Waals surface area contributed by atoms with Crippen molar-refractivity contribution >= 4 is 17.7 Å². The number of carbonyl (C=O) groups is 1. The molecular formula is C17H25NO3S. The molecule has 1 aliphatic heterocycles. The molecule has 1 aromatic rings. The molecule has 1 heterocycles. The second-order valence-electron chi connectivity index (χ2n) is 5.75. The predicted octanol–water partition coefficient (Wildman–Crippen LogP) is 2.48. The minimum atomic E-state index is -0.859. The Morgan fingerprint density at radius 3 is 2.59 bits per heavy atom. The van der Waals surface area contributed by atoms with Crippen LogP contribution in [0, 0.1) is 6.92 Å². The topological polar surface area (TPSA) is 49.8 Å². The average molecular weight is 323 g/mol. The van der Waals surface area contributed by atoms with Gasteiger partial charge in [-0.05, 0) is 37.5 Å². The number of amides is 1. The lowest BCUT2D eigenvalue weighted by molar-refractivity contribution is -0.142. The van der Waals surface area contributed by atoms with Gasteiger partial charge in [-0.25, -0.2) is 0 Å². The molecule has 5 heteroatoms. The van der Waals surface area contributed by atoms with Gasteiger partial charge in [0.1, 0.15) is 18.0 Å². The molecule has 0 aromatic heterocycles. The van der Waals surface area contributed by atoms with Gasteiger partial charge < -0.3 is 14.7 Å². The summed E-state index contributed by atoms with van der Waals surface area (Å²) in [4.78, 5) is 13.9. The van der Waals surface area contributed by atoms with Crippen LogP contribution in [-0.2, 0) is 4.79 Å². The number of nitrogens with zero attached hydrogens (tertiary/aromatic N) is 1. The van der Waals surface area contributed by atoms with Gasteiger partial charge in [-0.1, -0.05) is 17.7 Å². The standard InChI is InChI=1S/C17H25NO3S/c1-13-3-5-14(6-4-13)21-15-7-10-18(11-8-15)17(20)16(19)9-12-22-2/h3-6,15-16,19H,7-12H2,1-2H3. The number of carbonyl (C=O) groups excluding carboxylic acids is 1. The van der Waals surface area contributed by atoms with Crippen LogP contribution in [-0.4, -0.2) is 53.2 Å². The molecule has 1 atom stereocenters. The van der Waals surface area contributed by atoms with Crippen molar-refractivity contribution in [3.05, 3.63) is 29.8 Å². The van der Waals surface area contributed by atoms with Gasteiger partial charge in [0, 0.05) is 25.9 Å². The van der Waals surface area contributed by atoms with E-state index in [2.05, 4.69) is 6.92 Å². The normalized spacial score (nSPS) is 17.3. The highest BCUT2D eigenvalue weighted by Gasteiger charge is 2.27. The highest BCUT2D eigenvalue weighted by Crippen LogP contribution is 2.20. The van der Waals surface area contributed by atoms with Crippen LogP contribution in [0.3, 0.4) is 0 Å². The Labute approximate surface area is 136 Å². The summed E-state index contributed by atoms with van der Waals surface area (Å²) < 4.78 is 5.96. The number of aliphatic hydroxyl groups is 1. The minimum absolute atomic E-state index is 0.136. The molecule has 1 aliphatic rings. The smallest absolute Gasteiger partial charge is 0.251 e. The molecule has 1 N–H and O–H groups in total. The number of likely N-dealkylation sites (tertiary alicyclic amines) is 1. The Bertz CT molecular complexity index is 469. The van der Waals surface area contributed by atoms with Crippen LogP contribution < -0.4 is 4.74 Å². The highest BCUT2D eigenvalue weighted by molar-refractivity contribution is 7.98. The van der Waals surface area contributed by atoms with Crippen molar-refractivity contribution < 1.29 is 14.6 Å². The van der Waals surface area contributed by atoms with Crippen molar-refractivity contribution in [2.45, 2.75) is 38.4 Å². The van der Waals surface area contributed by atoms with Gasteiger partial charge in [0.15, 0.2) is 0 Å². The largest absolute Gasteiger partial charge is 0.490 e. The quantitative estimate of drug-likeness (QED) is 0.874. The summed E-state index contributed by atoms with van der Waals surface area (Å²) >= 11 is 1.65. The van der Waals surface area contributed by atoms with Gasteiger partial charge in [-0.15, -0.1) is 0 Å². The van der Waals surface area contributed by atoms with E-state index in [1.165, 1.54) is 5.56 Å². The number of aryl methyl sites for hydroxylation is 1. The number of piperidine rings is 1. The molecule has 2 rings (SSSR count). The molecule has 0 saturated carbocycles. The van der Waals surface area contributed by atoms with E-state index in [1.807, 2.05) is 30.5 Å². The SMILES string of the molecule is CSCCC(O)C(=O)N1CCC(Oc2ccc(C)cc2)CC1. The maximum atomic E-state index is 12.1. The second kappa shape index (κ2) is 8.44. The lowest BCUT2D eigenvalue weighted by atomic mass is 10.1. The molecule has 0 bridgehead atoms. The van der Waals surface area contributed by atoms with Crippen LogP contribution in [0.5, 0.6) is 5.75 Å². The fraction of sp³-hybridized carbons (Fsp3) is 0.588. The first-order chi connectivity index (χ1) is 10.6. The van der Waals surface area contributed by atoms with Gasteiger partial charge in [0.25, 0.3) is 5.91 Å². The number of aliphatic hydroxyl groups excluding tert-OH is 1. The zero-order valence-corrected chi connectivity index (χ0v) is 14.1. The van der Waals surface area contributed by atoms with Crippen LogP contribution >= 0.6 is 11.8 Å². The first kappa shape index (κ1) is 17.2. The van der Waals surface area contributed by atoms with E-state index in [0.717, 1.165) is 24.3 Å². The van der Waals surface area contributed by atoms with E-state index < -0.39 is 6.10 Å². The first-order valence-electron chi connectivity index (χ1n) is 7.79. The van der Waals surface area contributed by atoms with Gasteiger partial charge in [-0.3, -0.25) is 4.79 Å². The number of hydrogen-bond acceptors (Lipinski definition) is 4. The Kier molecular flexibility index (Phi) is 6.58. The van der Waals surface area contributed by atoms with Crippen molar-refractivity contribution in [2.75, 3.05) is 25.1 Å². The second-order valence-corrected chi connectivity index (χ2v) is 6.74. The third-order valence-electron chi connectivity index (χ3n) is 3.96. The Balaban J connectivity index is 1.77. The van der Waals surface area contributed by atoms with Gasteiger partial charge in [-0.2, -0.15) is 11.8 Å². The van der Waals surface area contributed by atoms with Crippen molar-refractivity contribution in [3.8, 4) is 5.75 Å². The molecule has 0 aliphatic carbocycles. The van der Waals surface area contributed by atoms with Crippen LogP contribution in [0.25, 0.3) is 0 Å². The summed E-state index contributed by atoms with van der Waals surface area (Å²) in [6, 6.07) is 8.05. The number of ether oxygens (including phenoxy) is 1. The summed E-state index contributed by atoms with van der Waals surface area (Å²) in [6.07, 6.45) is 3.42. The minimum Gasteiger partial charge on any atom is -0.490 e. The summed E-state index contributed by atoms with van der Waals surface area (Å²) in [7, 11) is 0. The Morgan fingerprint density at radius 1 is 1.36 bits per heavy atom. The monoisotopic (exact) mass is 323 g/mol. The molecule has 4 nitrogen and oxygen atoms in total. The van der Waals surface area contributed by atoms with Gasteiger partial charge in [0.2, 0.25) is 0 Å². The van der Waals surface area contributed by atoms with Gasteiger partial charge >= 0.3 is 0 Å². The molecule has 1 unspecified atom stereocenters. The zero-order chi connectivity index (χ0) is 15.9. The summed E-state index contributed by atoms with van der Waals surface area (Å²) in [6.45, 7) is 3.37. The molecule has 0 radical (unpaired) electrons. The van der Waals surface area contributed by atoms with Gasteiger partial charge in [0.05, 0.1) is 0 Å². The molecule has 1 amide bonds.